The van der Waals surface area contributed by atoms with E-state index < -0.39 is 0 Å². The van der Waals surface area contributed by atoms with E-state index in [-0.39, 0.29) is 11.6 Å². The van der Waals surface area contributed by atoms with E-state index in [1.807, 2.05) is 35.2 Å². The molecule has 2 saturated heterocycles. The minimum absolute atomic E-state index is 0.0988. The van der Waals surface area contributed by atoms with Crippen molar-refractivity contribution in [3.05, 3.63) is 35.9 Å². The summed E-state index contributed by atoms with van der Waals surface area (Å²) in [7, 11) is 0. The normalized spacial score (nSPS) is 28.9. The third-order valence-corrected chi connectivity index (χ3v) is 4.16. The molecule has 2 bridgehead atoms. The van der Waals surface area contributed by atoms with Crippen LogP contribution >= 0.6 is 0 Å². The maximum absolute atomic E-state index is 12.1. The van der Waals surface area contributed by atoms with Gasteiger partial charge in [0, 0.05) is 13.1 Å². The molecule has 4 heteroatoms. The van der Waals surface area contributed by atoms with E-state index in [9.17, 15) is 4.79 Å². The zero-order valence-electron chi connectivity index (χ0n) is 10.3. The first-order valence-electron chi connectivity index (χ1n) is 6.42. The second-order valence-corrected chi connectivity index (χ2v) is 5.35. The zero-order chi connectivity index (χ0) is 12.6. The molecular formula is C14H18N2O2. The van der Waals surface area contributed by atoms with E-state index in [1.165, 1.54) is 0 Å². The van der Waals surface area contributed by atoms with Gasteiger partial charge < -0.3 is 15.4 Å². The summed E-state index contributed by atoms with van der Waals surface area (Å²) in [6, 6.07) is 9.74. The molecule has 4 rings (SSSR count). The molecule has 0 spiro atoms. The van der Waals surface area contributed by atoms with E-state index in [0.717, 1.165) is 24.9 Å². The van der Waals surface area contributed by atoms with Gasteiger partial charge >= 0.3 is 6.09 Å². The highest BCUT2D eigenvalue weighted by atomic mass is 16.6. The average molecular weight is 246 g/mol. The number of benzene rings is 1. The molecular weight excluding hydrogens is 228 g/mol. The maximum Gasteiger partial charge on any atom is 0.410 e. The van der Waals surface area contributed by atoms with Gasteiger partial charge in [0.1, 0.15) is 6.61 Å². The van der Waals surface area contributed by atoms with Crippen LogP contribution in [0.4, 0.5) is 4.79 Å². The summed E-state index contributed by atoms with van der Waals surface area (Å²) < 4.78 is 5.37. The van der Waals surface area contributed by atoms with Gasteiger partial charge in [-0.1, -0.05) is 30.3 Å². The molecule has 3 fully saturated rings. The summed E-state index contributed by atoms with van der Waals surface area (Å²) in [6.45, 7) is 1.69. The maximum atomic E-state index is 12.1. The van der Waals surface area contributed by atoms with E-state index in [1.54, 1.807) is 0 Å². The van der Waals surface area contributed by atoms with E-state index >= 15 is 0 Å². The van der Waals surface area contributed by atoms with Crippen molar-refractivity contribution in [1.29, 1.82) is 0 Å². The largest absolute Gasteiger partial charge is 0.445 e. The van der Waals surface area contributed by atoms with Crippen LogP contribution in [0.2, 0.25) is 0 Å². The standard InChI is InChI=1S/C14H18N2O2/c15-10-14-6-12(7-14)8-16(14)13(17)18-9-11-4-2-1-3-5-11/h1-5,12H,6-10,15H2. The lowest BCUT2D eigenvalue weighted by atomic mass is 9.73. The van der Waals surface area contributed by atoms with E-state index in [2.05, 4.69) is 0 Å². The minimum atomic E-state index is -0.218. The predicted molar refractivity (Wildman–Crippen MR) is 67.8 cm³/mol. The highest BCUT2D eigenvalue weighted by Crippen LogP contribution is 2.49. The van der Waals surface area contributed by atoms with Crippen LogP contribution in [0.3, 0.4) is 0 Å². The second-order valence-electron chi connectivity index (χ2n) is 5.35. The highest BCUT2D eigenvalue weighted by Gasteiger charge is 2.57. The van der Waals surface area contributed by atoms with Gasteiger partial charge in [-0.2, -0.15) is 0 Å². The molecule has 1 aromatic carbocycles. The second kappa shape index (κ2) is 4.28. The molecule has 4 nitrogen and oxygen atoms in total. The molecule has 1 aliphatic carbocycles. The molecule has 96 valence electrons. The van der Waals surface area contributed by atoms with Gasteiger partial charge in [-0.05, 0) is 24.3 Å². The number of ether oxygens (including phenoxy) is 1. The van der Waals surface area contributed by atoms with Crippen LogP contribution in [0.25, 0.3) is 0 Å². The third-order valence-electron chi connectivity index (χ3n) is 4.16. The number of hydrogen-bond donors (Lipinski definition) is 1. The Kier molecular flexibility index (Phi) is 2.74. The average Bonchev–Trinajstić information content (AvgIpc) is 2.92. The Morgan fingerprint density at radius 2 is 2.11 bits per heavy atom. The van der Waals surface area contributed by atoms with Gasteiger partial charge in [-0.15, -0.1) is 0 Å². The number of hydrogen-bond acceptors (Lipinski definition) is 3. The summed E-state index contributed by atoms with van der Waals surface area (Å²) in [5, 5.41) is 0. The Morgan fingerprint density at radius 3 is 2.78 bits per heavy atom. The quantitative estimate of drug-likeness (QED) is 0.884. The number of nitrogens with two attached hydrogens (primary N) is 1. The number of rotatable bonds is 3. The zero-order valence-corrected chi connectivity index (χ0v) is 10.3. The van der Waals surface area contributed by atoms with E-state index in [4.69, 9.17) is 10.5 Å². The fraction of sp³-hybridized carbons (Fsp3) is 0.500. The van der Waals surface area contributed by atoms with Crippen LogP contribution in [0.15, 0.2) is 30.3 Å². The number of carbonyl (C=O) groups is 1. The number of amides is 1. The molecule has 3 aliphatic rings. The van der Waals surface area contributed by atoms with Gasteiger partial charge in [0.25, 0.3) is 0 Å². The summed E-state index contributed by atoms with van der Waals surface area (Å²) in [5.74, 6) is 0.637. The molecule has 2 aliphatic heterocycles. The smallest absolute Gasteiger partial charge is 0.410 e. The first-order valence-corrected chi connectivity index (χ1v) is 6.42. The fourth-order valence-corrected chi connectivity index (χ4v) is 3.16. The molecule has 0 atom stereocenters. The van der Waals surface area contributed by atoms with Crippen LogP contribution in [0.5, 0.6) is 0 Å². The highest BCUT2D eigenvalue weighted by molar-refractivity contribution is 5.70. The summed E-state index contributed by atoms with van der Waals surface area (Å²) in [4.78, 5) is 13.9. The monoisotopic (exact) mass is 246 g/mol. The molecule has 1 saturated carbocycles. The van der Waals surface area contributed by atoms with Crippen molar-refractivity contribution in [3.8, 4) is 0 Å². The lowest BCUT2D eigenvalue weighted by Crippen LogP contribution is -2.53. The number of fused-ring (bicyclic) bond motifs is 1. The Labute approximate surface area is 107 Å². The Morgan fingerprint density at radius 1 is 1.39 bits per heavy atom. The van der Waals surface area contributed by atoms with Gasteiger partial charge in [0.05, 0.1) is 5.54 Å². The molecule has 18 heavy (non-hydrogen) atoms. The minimum Gasteiger partial charge on any atom is -0.445 e. The van der Waals surface area contributed by atoms with Crippen LogP contribution < -0.4 is 5.73 Å². The number of carbonyl (C=O) groups excluding carboxylic acids is 1. The Balaban J connectivity index is 1.59. The van der Waals surface area contributed by atoms with Crippen LogP contribution in [0, 0.1) is 5.92 Å². The third kappa shape index (κ3) is 1.77. The lowest BCUT2D eigenvalue weighted by molar-refractivity contribution is 0.0628. The van der Waals surface area contributed by atoms with Crippen molar-refractivity contribution < 1.29 is 9.53 Å². The molecule has 2 N–H and O–H groups in total. The molecule has 1 aromatic rings. The Hall–Kier alpha value is -1.55. The molecule has 1 amide bonds. The van der Waals surface area contributed by atoms with Gasteiger partial charge in [-0.3, -0.25) is 0 Å². The van der Waals surface area contributed by atoms with Gasteiger partial charge in [0.2, 0.25) is 0 Å². The molecule has 0 radical (unpaired) electrons. The Bertz CT molecular complexity index is 440. The van der Waals surface area contributed by atoms with Crippen LogP contribution in [-0.4, -0.2) is 29.6 Å². The summed E-state index contributed by atoms with van der Waals surface area (Å²) in [6.07, 6.45) is 1.87. The van der Waals surface area contributed by atoms with Gasteiger partial charge in [-0.25, -0.2) is 4.79 Å². The predicted octanol–water partition coefficient (Wildman–Crippen LogP) is 1.75. The fourth-order valence-electron chi connectivity index (χ4n) is 3.16. The van der Waals surface area contributed by atoms with Crippen LogP contribution in [0.1, 0.15) is 18.4 Å². The summed E-state index contributed by atoms with van der Waals surface area (Å²) >= 11 is 0. The first kappa shape index (κ1) is 11.5. The molecule has 0 unspecified atom stereocenters. The molecule has 0 aromatic heterocycles. The van der Waals surface area contributed by atoms with E-state index in [0.29, 0.717) is 19.1 Å². The van der Waals surface area contributed by atoms with Crippen molar-refractivity contribution >= 4 is 6.09 Å². The van der Waals surface area contributed by atoms with Crippen molar-refractivity contribution in [2.75, 3.05) is 13.1 Å². The van der Waals surface area contributed by atoms with Crippen molar-refractivity contribution in [1.82, 2.24) is 4.90 Å². The van der Waals surface area contributed by atoms with Crippen LogP contribution in [-0.2, 0) is 11.3 Å². The molecule has 2 heterocycles. The van der Waals surface area contributed by atoms with Crippen molar-refractivity contribution in [2.24, 2.45) is 11.7 Å². The van der Waals surface area contributed by atoms with Crippen molar-refractivity contribution in [3.63, 3.8) is 0 Å². The topological polar surface area (TPSA) is 55.6 Å². The number of nitrogens with zero attached hydrogens (tertiary/aromatic N) is 1. The SMILES string of the molecule is NCC12CC(CN1C(=O)OCc1ccccc1)C2. The van der Waals surface area contributed by atoms with Gasteiger partial charge in [0.15, 0.2) is 0 Å². The summed E-state index contributed by atoms with van der Waals surface area (Å²) in [5.41, 5.74) is 6.71. The van der Waals surface area contributed by atoms with Crippen molar-refractivity contribution in [2.45, 2.75) is 25.0 Å². The lowest BCUT2D eigenvalue weighted by Gasteiger charge is -2.40. The first-order chi connectivity index (χ1) is 8.73.